The molecular weight excluding hydrogens is 1940 g/mol. The van der Waals surface area contributed by atoms with E-state index in [1.54, 1.807) is 116 Å². The Balaban J connectivity index is 0. The van der Waals surface area contributed by atoms with Crippen molar-refractivity contribution in [3.05, 3.63) is 175 Å². The van der Waals surface area contributed by atoms with Gasteiger partial charge in [-0.05, 0) is 172 Å². The second-order valence-corrected chi connectivity index (χ2v) is 28.9. The molecular formula is C69H88AgB3Br5KN15O20-. The number of carboxylic acid groups (broad SMARTS) is 1. The van der Waals surface area contributed by atoms with Crippen molar-refractivity contribution in [3.8, 4) is 0 Å². The summed E-state index contributed by atoms with van der Waals surface area (Å²) < 4.78 is 71.8. The number of aliphatic hydroxyl groups is 1. The zero-order valence-corrected chi connectivity index (χ0v) is 75.9. The van der Waals surface area contributed by atoms with Crippen molar-refractivity contribution >= 4 is 184 Å². The normalized spacial score (nSPS) is 13.0. The molecule has 0 aliphatic carbocycles. The number of ether oxygens (including phenoxy) is 1. The number of nitrogen functional groups attached to an aromatic ring is 1. The molecule has 35 nitrogen and oxygen atoms in total. The molecule has 10 aromatic heterocycles. The number of carboxylic acids is 1. The van der Waals surface area contributed by atoms with E-state index in [-0.39, 0.29) is 136 Å². The molecule has 616 valence electrons. The second kappa shape index (κ2) is 54.3. The van der Waals surface area contributed by atoms with Crippen LogP contribution in [0.25, 0.3) is 0 Å². The second-order valence-electron chi connectivity index (χ2n) is 24.5. The van der Waals surface area contributed by atoms with Crippen molar-refractivity contribution in [1.29, 1.82) is 0 Å². The summed E-state index contributed by atoms with van der Waals surface area (Å²) in [6.45, 7) is 28.5. The Morgan fingerprint density at radius 1 is 0.588 bits per heavy atom. The van der Waals surface area contributed by atoms with Gasteiger partial charge in [0.1, 0.15) is 46.2 Å². The average Bonchev–Trinajstić information content (AvgIpc) is 1.63. The Labute approximate surface area is 758 Å². The van der Waals surface area contributed by atoms with Crippen molar-refractivity contribution in [2.75, 3.05) is 33.6 Å². The zero-order chi connectivity index (χ0) is 82.5. The quantitative estimate of drug-likeness (QED) is 0.0193. The molecule has 12 rings (SSSR count). The Bertz CT molecular complexity index is 4390. The van der Waals surface area contributed by atoms with Crippen LogP contribution in [0.5, 0.6) is 0 Å². The molecule has 2 aliphatic rings. The molecule has 2 saturated heterocycles. The van der Waals surface area contributed by atoms with Gasteiger partial charge < -0.3 is 76.3 Å². The number of rotatable bonds is 17. The predicted molar refractivity (Wildman–Crippen MR) is 434 cm³/mol. The standard InChI is InChI=1S/C14H18BN3O3.C12H25B2O4.C11H10BrN3O3.C9H6BrN3O3.C8H6BrN3O.C5H3Br2N.C5H8N2O.C2H3O.CO2.2CH4.Ag.K.H2O.O/c1-13(2)14(3,4)21-15(20-13)10-5-6-16-11(9-10)18-12-17-7-8-19-12;1-9(2,15)10(3,4)16-13-14-17-11(5,6)12(7,8)18-14;1-2-17-10(16)8-6-14-11(18-8)15-9-5-7(12)3-4-13-9;10-5-1-2-11-7(3-5)13-9-12-4-6(16-9)8(14)15;9-6-1-2-10-7(5-6)12-8-11-3-4-13-8;6-4-1-2-8-5(7)3-4;1-2-4-3-7-5(6)8-4;1-2-3;2-1-3;;;;;;/h5-9H,1-4H3,(H,16,17,18);15H,1-8H3;3-6H,2H2,1H3,(H,13,14,15);1-4H,(H,14,15)(H,11,12,13);1-5H,(H,10,11,12);1-3H;3H,2H2,1H3,(H2,6,7);1H3;;2*1H4;;;1H2;/q;;;;;;;-1;;;;;+1;;/p-1. The van der Waals surface area contributed by atoms with Crippen LogP contribution in [-0.4, -0.2) is 152 Å². The SMILES string of the molecule is Brc1ccnc(Br)c1.Brc1ccnc(Nc2ncco2)c1.C.C.CC(C)(O)C(C)(C)O[B]B1OC(C)(C)C(C)(C)O1.CC1(C)OB(c2ccnc(Nc3ncco3)c2)OC1(C)C.CCOC(=O)c1cnc(Nc2cc(Br)ccn2)o1.CCc1cnc(N)o1.C[C-]=O.O=C(O)c1cnc(Nc2cc(Br)ccn2)o1.O=C=O.[K+].[OH-].[O]=[Ag]. The van der Waals surface area contributed by atoms with Gasteiger partial charge in [0, 0.05) is 55.3 Å². The molecule has 0 bridgehead atoms. The summed E-state index contributed by atoms with van der Waals surface area (Å²) in [4.78, 5) is 86.4. The maximum atomic E-state index is 11.4. The molecule has 9 N–H and O–H groups in total. The topological polar surface area (TPSA) is 497 Å². The van der Waals surface area contributed by atoms with Crippen LogP contribution in [0.3, 0.4) is 0 Å². The van der Waals surface area contributed by atoms with Gasteiger partial charge in [-0.3, -0.25) is 27.6 Å². The first kappa shape index (κ1) is 109. The van der Waals surface area contributed by atoms with Crippen LogP contribution in [0, 0.1) is 0 Å². The number of nitrogens with zero attached hydrogens (tertiary/aromatic N) is 10. The van der Waals surface area contributed by atoms with E-state index in [2.05, 4.69) is 151 Å². The number of hydrogen-bond donors (Lipinski definition) is 7. The fourth-order valence-corrected chi connectivity index (χ4v) is 9.32. The van der Waals surface area contributed by atoms with E-state index in [4.69, 9.17) is 78.6 Å². The van der Waals surface area contributed by atoms with Gasteiger partial charge in [0.15, 0.2) is 0 Å². The van der Waals surface area contributed by atoms with Gasteiger partial charge >= 0.3 is 127 Å². The molecule has 0 unspecified atom stereocenters. The van der Waals surface area contributed by atoms with Crippen molar-refractivity contribution in [2.24, 2.45) is 0 Å². The fraction of sp³-hybridized carbons (Fsp3) is 0.362. The van der Waals surface area contributed by atoms with Gasteiger partial charge in [0.2, 0.25) is 11.5 Å². The van der Waals surface area contributed by atoms with Gasteiger partial charge in [-0.2, -0.15) is 16.5 Å². The molecule has 45 heteroatoms. The Morgan fingerprint density at radius 2 is 0.965 bits per heavy atom. The third-order valence-corrected chi connectivity index (χ3v) is 17.2. The monoisotopic (exact) mass is 2020 g/mol. The number of aryl methyl sites for hydroxylation is 1. The summed E-state index contributed by atoms with van der Waals surface area (Å²) in [5.41, 5.74) is 2.93. The van der Waals surface area contributed by atoms with Crippen LogP contribution < -0.4 is 83.8 Å². The third-order valence-electron chi connectivity index (χ3n) is 14.8. The molecule has 10 aromatic rings. The van der Waals surface area contributed by atoms with Crippen molar-refractivity contribution in [1.82, 2.24) is 49.8 Å². The molecule has 0 atom stereocenters. The van der Waals surface area contributed by atoms with Crippen LogP contribution in [0.4, 0.5) is 53.3 Å². The van der Waals surface area contributed by atoms with Gasteiger partial charge in [0.25, 0.3) is 18.0 Å². The average molecular weight is 2030 g/mol. The number of nitrogens with one attached hydrogen (secondary N) is 4. The number of carbonyl (C=O) groups is 2. The van der Waals surface area contributed by atoms with Crippen LogP contribution in [0.1, 0.15) is 146 Å². The number of esters is 1. The number of halogens is 5. The summed E-state index contributed by atoms with van der Waals surface area (Å²) in [7, 11) is 0.591. The van der Waals surface area contributed by atoms with Crippen LogP contribution in [-0.2, 0) is 73.1 Å². The van der Waals surface area contributed by atoms with Gasteiger partial charge in [-0.15, -0.1) is 0 Å². The first-order valence-corrected chi connectivity index (χ1v) is 36.7. The molecule has 1 radical (unpaired) electrons. The molecule has 12 heterocycles. The summed E-state index contributed by atoms with van der Waals surface area (Å²) >= 11 is 18.1. The molecule has 0 amide bonds. The van der Waals surface area contributed by atoms with E-state index in [0.717, 1.165) is 46.3 Å². The van der Waals surface area contributed by atoms with E-state index >= 15 is 0 Å². The van der Waals surface area contributed by atoms with E-state index in [1.165, 1.54) is 39.3 Å². The van der Waals surface area contributed by atoms with Crippen molar-refractivity contribution in [3.63, 3.8) is 0 Å². The molecule has 2 aliphatic heterocycles. The molecule has 114 heavy (non-hydrogen) atoms. The first-order chi connectivity index (χ1) is 51.8. The van der Waals surface area contributed by atoms with E-state index in [1.807, 2.05) is 113 Å². The minimum atomic E-state index is -1.16. The van der Waals surface area contributed by atoms with Crippen LogP contribution in [0.15, 0.2) is 180 Å². The molecule has 0 aromatic carbocycles. The number of aromatic nitrogens is 10. The van der Waals surface area contributed by atoms with E-state index < -0.39 is 37.3 Å². The van der Waals surface area contributed by atoms with E-state index in [0.29, 0.717) is 35.3 Å². The van der Waals surface area contributed by atoms with Crippen molar-refractivity contribution < 1.29 is 165 Å². The number of hydrogen-bond acceptors (Lipinski definition) is 34. The number of carbonyl (C=O) groups excluding carboxylic acids is 4. The Kier molecular flexibility index (Phi) is 52.1. The van der Waals surface area contributed by atoms with Gasteiger partial charge in [-0.25, -0.2) is 59.4 Å². The number of aromatic carboxylic acids is 1. The van der Waals surface area contributed by atoms with Gasteiger partial charge in [0.05, 0.1) is 71.2 Å². The molecule has 2 fully saturated rings. The number of pyridine rings is 5. The summed E-state index contributed by atoms with van der Waals surface area (Å²) in [6.07, 6.45) is 21.1. The summed E-state index contributed by atoms with van der Waals surface area (Å²) in [5.74, 6) is 1.34. The van der Waals surface area contributed by atoms with Gasteiger partial charge in [-0.1, -0.05) is 85.5 Å². The molecule has 0 saturated carbocycles. The number of anilines is 9. The maximum absolute atomic E-state index is 11.4. The zero-order valence-electron chi connectivity index (χ0n) is 63.4. The minimum absolute atomic E-state index is 0. The number of oxazole rings is 5. The predicted octanol–water partition coefficient (Wildman–Crippen LogP) is 12.4. The van der Waals surface area contributed by atoms with Crippen LogP contribution in [0.2, 0.25) is 0 Å². The Morgan fingerprint density at radius 3 is 1.29 bits per heavy atom. The third kappa shape index (κ3) is 39.5. The Hall–Kier alpha value is -6.72. The fourth-order valence-electron chi connectivity index (χ4n) is 7.31. The first-order valence-electron chi connectivity index (χ1n) is 32.1. The van der Waals surface area contributed by atoms with Crippen molar-refractivity contribution in [2.45, 2.75) is 159 Å². The number of nitrogens with two attached hydrogens (primary N) is 1. The molecule has 0 spiro atoms. The van der Waals surface area contributed by atoms with E-state index in [9.17, 15) is 14.7 Å². The van der Waals surface area contributed by atoms with Crippen LogP contribution >= 0.6 is 79.6 Å². The summed E-state index contributed by atoms with van der Waals surface area (Å²) in [6, 6.07) is 19.6. The summed E-state index contributed by atoms with van der Waals surface area (Å²) in [5, 5.41) is 30.1.